The van der Waals surface area contributed by atoms with Crippen molar-refractivity contribution in [3.8, 4) is 0 Å². The second-order valence-electron chi connectivity index (χ2n) is 5.13. The molecule has 1 saturated carbocycles. The number of rotatable bonds is 6. The zero-order valence-electron chi connectivity index (χ0n) is 11.2. The Bertz CT molecular complexity index is 288. The molecule has 0 radical (unpaired) electrons. The Kier molecular flexibility index (Phi) is 5.95. The summed E-state index contributed by atoms with van der Waals surface area (Å²) in [5.74, 6) is -0.439. The molecule has 1 aliphatic carbocycles. The van der Waals surface area contributed by atoms with Crippen LogP contribution in [-0.4, -0.2) is 29.2 Å². The molecule has 5 heteroatoms. The highest BCUT2D eigenvalue weighted by Gasteiger charge is 2.24. The van der Waals surface area contributed by atoms with Crippen molar-refractivity contribution < 1.29 is 14.7 Å². The van der Waals surface area contributed by atoms with Crippen molar-refractivity contribution in [2.24, 2.45) is 5.92 Å². The molecule has 0 aliphatic heterocycles. The summed E-state index contributed by atoms with van der Waals surface area (Å²) >= 11 is 0. The lowest BCUT2D eigenvalue weighted by atomic mass is 10.0. The lowest BCUT2D eigenvalue weighted by Gasteiger charge is -2.22. The minimum Gasteiger partial charge on any atom is -0.480 e. The molecular formula is C13H24N2O3. The maximum atomic E-state index is 11.7. The molecule has 0 saturated heterocycles. The van der Waals surface area contributed by atoms with Crippen LogP contribution in [0.1, 0.15) is 52.4 Å². The molecular weight excluding hydrogens is 232 g/mol. The van der Waals surface area contributed by atoms with Gasteiger partial charge in [-0.1, -0.05) is 26.2 Å². The Morgan fingerprint density at radius 2 is 1.89 bits per heavy atom. The van der Waals surface area contributed by atoms with E-state index in [9.17, 15) is 9.59 Å². The summed E-state index contributed by atoms with van der Waals surface area (Å²) in [6, 6.07) is -1.04. The van der Waals surface area contributed by atoms with Gasteiger partial charge in [0.25, 0.3) is 0 Å². The van der Waals surface area contributed by atoms with Gasteiger partial charge in [-0.05, 0) is 32.1 Å². The summed E-state index contributed by atoms with van der Waals surface area (Å²) in [7, 11) is 0. The molecule has 2 amide bonds. The highest BCUT2D eigenvalue weighted by Crippen LogP contribution is 2.27. The van der Waals surface area contributed by atoms with Gasteiger partial charge in [-0.3, -0.25) is 0 Å². The van der Waals surface area contributed by atoms with Gasteiger partial charge in [-0.15, -0.1) is 0 Å². The first-order chi connectivity index (χ1) is 8.54. The fourth-order valence-corrected chi connectivity index (χ4v) is 2.53. The van der Waals surface area contributed by atoms with Gasteiger partial charge >= 0.3 is 12.0 Å². The topological polar surface area (TPSA) is 78.4 Å². The molecule has 0 aromatic heterocycles. The quantitative estimate of drug-likeness (QED) is 0.681. The van der Waals surface area contributed by atoms with Crippen molar-refractivity contribution in [2.45, 2.75) is 64.5 Å². The minimum absolute atomic E-state index is 0.114. The van der Waals surface area contributed by atoms with Gasteiger partial charge in [-0.25, -0.2) is 9.59 Å². The SMILES string of the molecule is CCCC(NC(=O)NC(C)C1CCCC1)C(=O)O. The van der Waals surface area contributed by atoms with E-state index in [1.807, 2.05) is 13.8 Å². The second kappa shape index (κ2) is 7.24. The first kappa shape index (κ1) is 14.8. The molecule has 104 valence electrons. The first-order valence-corrected chi connectivity index (χ1v) is 6.84. The number of hydrogen-bond acceptors (Lipinski definition) is 2. The van der Waals surface area contributed by atoms with Crippen LogP contribution in [0.3, 0.4) is 0 Å². The van der Waals surface area contributed by atoms with Crippen LogP contribution in [0.2, 0.25) is 0 Å². The molecule has 0 bridgehead atoms. The standard InChI is InChI=1S/C13H24N2O3/c1-3-6-11(12(16)17)15-13(18)14-9(2)10-7-4-5-8-10/h9-11H,3-8H2,1-2H3,(H,16,17)(H2,14,15,18). The van der Waals surface area contributed by atoms with Crippen LogP contribution in [0, 0.1) is 5.92 Å². The van der Waals surface area contributed by atoms with Crippen molar-refractivity contribution >= 4 is 12.0 Å². The summed E-state index contributed by atoms with van der Waals surface area (Å²) in [5, 5.41) is 14.3. The normalized spacial score (nSPS) is 19.2. The average Bonchev–Trinajstić information content (AvgIpc) is 2.81. The summed E-state index contributed by atoms with van der Waals surface area (Å²) in [6.45, 7) is 3.89. The lowest BCUT2D eigenvalue weighted by Crippen LogP contribution is -2.49. The van der Waals surface area contributed by atoms with Gasteiger partial charge in [-0.2, -0.15) is 0 Å². The number of hydrogen-bond donors (Lipinski definition) is 3. The molecule has 0 aromatic rings. The van der Waals surface area contributed by atoms with Crippen molar-refractivity contribution in [1.82, 2.24) is 10.6 Å². The summed E-state index contributed by atoms with van der Waals surface area (Å²) < 4.78 is 0. The zero-order chi connectivity index (χ0) is 13.5. The monoisotopic (exact) mass is 256 g/mol. The molecule has 3 N–H and O–H groups in total. The average molecular weight is 256 g/mol. The Labute approximate surface area is 108 Å². The third-order valence-corrected chi connectivity index (χ3v) is 3.65. The number of carbonyl (C=O) groups excluding carboxylic acids is 1. The molecule has 2 unspecified atom stereocenters. The van der Waals surface area contributed by atoms with Crippen LogP contribution in [0.4, 0.5) is 4.79 Å². The van der Waals surface area contributed by atoms with E-state index in [1.54, 1.807) is 0 Å². The third kappa shape index (κ3) is 4.55. The van der Waals surface area contributed by atoms with E-state index in [1.165, 1.54) is 12.8 Å². The molecule has 0 heterocycles. The van der Waals surface area contributed by atoms with Crippen LogP contribution >= 0.6 is 0 Å². The number of urea groups is 1. The fraction of sp³-hybridized carbons (Fsp3) is 0.846. The van der Waals surface area contributed by atoms with Crippen LogP contribution in [0.5, 0.6) is 0 Å². The third-order valence-electron chi connectivity index (χ3n) is 3.65. The predicted octanol–water partition coefficient (Wildman–Crippen LogP) is 2.12. The highest BCUT2D eigenvalue weighted by atomic mass is 16.4. The van der Waals surface area contributed by atoms with E-state index in [4.69, 9.17) is 5.11 Å². The van der Waals surface area contributed by atoms with E-state index in [-0.39, 0.29) is 12.1 Å². The number of nitrogens with one attached hydrogen (secondary N) is 2. The molecule has 0 spiro atoms. The number of aliphatic carboxylic acids is 1. The number of carboxylic acid groups (broad SMARTS) is 1. The Morgan fingerprint density at radius 3 is 2.39 bits per heavy atom. The van der Waals surface area contributed by atoms with E-state index >= 15 is 0 Å². The summed E-state index contributed by atoms with van der Waals surface area (Å²) in [5.41, 5.74) is 0. The van der Waals surface area contributed by atoms with E-state index in [0.717, 1.165) is 19.3 Å². The second-order valence-corrected chi connectivity index (χ2v) is 5.13. The predicted molar refractivity (Wildman–Crippen MR) is 69.4 cm³/mol. The van der Waals surface area contributed by atoms with Crippen molar-refractivity contribution in [3.63, 3.8) is 0 Å². The van der Waals surface area contributed by atoms with Crippen LogP contribution < -0.4 is 10.6 Å². The molecule has 1 fully saturated rings. The maximum Gasteiger partial charge on any atom is 0.326 e. The molecule has 0 aromatic carbocycles. The van der Waals surface area contributed by atoms with Gasteiger partial charge in [0.05, 0.1) is 0 Å². The van der Waals surface area contributed by atoms with Gasteiger partial charge in [0.15, 0.2) is 0 Å². The maximum absolute atomic E-state index is 11.7. The van der Waals surface area contributed by atoms with Crippen molar-refractivity contribution in [2.75, 3.05) is 0 Å². The van der Waals surface area contributed by atoms with Crippen LogP contribution in [0.15, 0.2) is 0 Å². The fourth-order valence-electron chi connectivity index (χ4n) is 2.53. The molecule has 18 heavy (non-hydrogen) atoms. The van der Waals surface area contributed by atoms with Gasteiger partial charge in [0.1, 0.15) is 6.04 Å². The minimum atomic E-state index is -0.972. The van der Waals surface area contributed by atoms with Crippen molar-refractivity contribution in [1.29, 1.82) is 0 Å². The van der Waals surface area contributed by atoms with Crippen LogP contribution in [0.25, 0.3) is 0 Å². The molecule has 1 aliphatic rings. The van der Waals surface area contributed by atoms with E-state index in [0.29, 0.717) is 12.3 Å². The molecule has 1 rings (SSSR count). The Morgan fingerprint density at radius 1 is 1.28 bits per heavy atom. The molecule has 2 atom stereocenters. The smallest absolute Gasteiger partial charge is 0.326 e. The Balaban J connectivity index is 2.36. The largest absolute Gasteiger partial charge is 0.480 e. The number of amides is 2. The van der Waals surface area contributed by atoms with Gasteiger partial charge in [0, 0.05) is 6.04 Å². The zero-order valence-corrected chi connectivity index (χ0v) is 11.2. The van der Waals surface area contributed by atoms with Gasteiger partial charge in [0.2, 0.25) is 0 Å². The van der Waals surface area contributed by atoms with E-state index in [2.05, 4.69) is 10.6 Å². The molecule has 5 nitrogen and oxygen atoms in total. The van der Waals surface area contributed by atoms with Crippen molar-refractivity contribution in [3.05, 3.63) is 0 Å². The Hall–Kier alpha value is -1.26. The lowest BCUT2D eigenvalue weighted by molar-refractivity contribution is -0.139. The first-order valence-electron chi connectivity index (χ1n) is 6.84. The van der Waals surface area contributed by atoms with Gasteiger partial charge < -0.3 is 15.7 Å². The summed E-state index contributed by atoms with van der Waals surface area (Å²) in [4.78, 5) is 22.6. The number of carbonyl (C=O) groups is 2. The summed E-state index contributed by atoms with van der Waals surface area (Å²) in [6.07, 6.45) is 5.95. The highest BCUT2D eigenvalue weighted by molar-refractivity contribution is 5.82. The number of carboxylic acids is 1. The van der Waals surface area contributed by atoms with E-state index < -0.39 is 12.0 Å². The van der Waals surface area contributed by atoms with Crippen LogP contribution in [-0.2, 0) is 4.79 Å².